The molecule has 0 aliphatic carbocycles. The first-order chi connectivity index (χ1) is 12.8. The predicted octanol–water partition coefficient (Wildman–Crippen LogP) is 1.43. The van der Waals surface area contributed by atoms with Crippen LogP contribution in [0.25, 0.3) is 0 Å². The molecule has 1 atom stereocenters. The number of rotatable bonds is 10. The Hall–Kier alpha value is -2.45. The summed E-state index contributed by atoms with van der Waals surface area (Å²) < 4.78 is 0. The first-order valence-corrected chi connectivity index (χ1v) is 9.19. The molecule has 0 aliphatic rings. The van der Waals surface area contributed by atoms with Crippen LogP contribution in [-0.4, -0.2) is 47.2 Å². The first-order valence-electron chi connectivity index (χ1n) is 9.19. The molecule has 150 valence electrons. The number of carbonyl (C=O) groups excluding carboxylic acids is 3. The van der Waals surface area contributed by atoms with Crippen molar-refractivity contribution in [2.45, 2.75) is 45.6 Å². The van der Waals surface area contributed by atoms with E-state index in [-0.39, 0.29) is 31.0 Å². The SMILES string of the molecule is CC(C)CCCC(=O)N(O)C(=O)N[C@@H](Cc1ccccc1)C(=O)NCCN. The smallest absolute Gasteiger partial charge is 0.349 e. The van der Waals surface area contributed by atoms with Gasteiger partial charge in [-0.05, 0) is 17.9 Å². The van der Waals surface area contributed by atoms with Gasteiger partial charge in [-0.25, -0.2) is 4.79 Å². The van der Waals surface area contributed by atoms with Crippen molar-refractivity contribution in [2.75, 3.05) is 13.1 Å². The molecule has 0 unspecified atom stereocenters. The number of imide groups is 1. The van der Waals surface area contributed by atoms with Crippen LogP contribution in [-0.2, 0) is 16.0 Å². The highest BCUT2D eigenvalue weighted by Crippen LogP contribution is 2.08. The zero-order chi connectivity index (χ0) is 20.2. The number of hydroxylamine groups is 2. The molecule has 0 fully saturated rings. The van der Waals surface area contributed by atoms with Crippen LogP contribution >= 0.6 is 0 Å². The number of carbonyl (C=O) groups is 3. The maximum absolute atomic E-state index is 12.3. The van der Waals surface area contributed by atoms with Crippen molar-refractivity contribution in [1.82, 2.24) is 15.7 Å². The molecule has 27 heavy (non-hydrogen) atoms. The lowest BCUT2D eigenvalue weighted by Gasteiger charge is -2.21. The highest BCUT2D eigenvalue weighted by molar-refractivity contribution is 5.95. The predicted molar refractivity (Wildman–Crippen MR) is 102 cm³/mol. The Morgan fingerprint density at radius 3 is 2.44 bits per heavy atom. The Morgan fingerprint density at radius 1 is 1.19 bits per heavy atom. The fourth-order valence-electron chi connectivity index (χ4n) is 2.47. The monoisotopic (exact) mass is 378 g/mol. The summed E-state index contributed by atoms with van der Waals surface area (Å²) in [6, 6.07) is 7.17. The summed E-state index contributed by atoms with van der Waals surface area (Å²) >= 11 is 0. The van der Waals surface area contributed by atoms with Crippen molar-refractivity contribution in [1.29, 1.82) is 0 Å². The summed E-state index contributed by atoms with van der Waals surface area (Å²) in [7, 11) is 0. The summed E-state index contributed by atoms with van der Waals surface area (Å²) in [5, 5.41) is 14.9. The van der Waals surface area contributed by atoms with E-state index in [2.05, 4.69) is 10.6 Å². The van der Waals surface area contributed by atoms with Gasteiger partial charge in [-0.2, -0.15) is 0 Å². The first kappa shape index (κ1) is 22.6. The van der Waals surface area contributed by atoms with Crippen LogP contribution in [0.3, 0.4) is 0 Å². The number of benzene rings is 1. The van der Waals surface area contributed by atoms with Crippen LogP contribution in [0.2, 0.25) is 0 Å². The standard InChI is InChI=1S/C19H30N4O4/c1-14(2)7-6-10-17(24)23(27)19(26)22-16(18(25)21-12-11-20)13-15-8-4-3-5-9-15/h3-5,8-9,14,16,27H,6-7,10-13,20H2,1-2H3,(H,21,25)(H,22,26)/t16-/m0/s1. The molecule has 5 N–H and O–H groups in total. The molecule has 0 radical (unpaired) electrons. The molecular formula is C19H30N4O4. The lowest BCUT2D eigenvalue weighted by atomic mass is 10.1. The van der Waals surface area contributed by atoms with Crippen molar-refractivity contribution < 1.29 is 19.6 Å². The Bertz CT molecular complexity index is 607. The van der Waals surface area contributed by atoms with Crippen molar-refractivity contribution >= 4 is 17.8 Å². The van der Waals surface area contributed by atoms with E-state index in [0.717, 1.165) is 12.0 Å². The summed E-state index contributed by atoms with van der Waals surface area (Å²) in [6.07, 6.45) is 1.67. The van der Waals surface area contributed by atoms with Gasteiger partial charge in [-0.1, -0.05) is 50.6 Å². The summed E-state index contributed by atoms with van der Waals surface area (Å²) in [6.45, 7) is 4.58. The molecule has 8 nitrogen and oxygen atoms in total. The van der Waals surface area contributed by atoms with Gasteiger partial charge in [0.1, 0.15) is 6.04 Å². The van der Waals surface area contributed by atoms with Crippen LogP contribution in [0.4, 0.5) is 4.79 Å². The molecule has 0 saturated carbocycles. The van der Waals surface area contributed by atoms with Crippen LogP contribution in [0, 0.1) is 5.92 Å². The second-order valence-corrected chi connectivity index (χ2v) is 6.76. The van der Waals surface area contributed by atoms with Crippen LogP contribution in [0.15, 0.2) is 30.3 Å². The third kappa shape index (κ3) is 8.65. The molecule has 4 amide bonds. The summed E-state index contributed by atoms with van der Waals surface area (Å²) in [5.74, 6) is -0.701. The number of amides is 4. The molecule has 0 heterocycles. The fourth-order valence-corrected chi connectivity index (χ4v) is 2.47. The van der Waals surface area contributed by atoms with Crippen molar-refractivity contribution in [3.8, 4) is 0 Å². The Labute approximate surface area is 160 Å². The van der Waals surface area contributed by atoms with E-state index in [4.69, 9.17) is 5.73 Å². The number of nitrogens with zero attached hydrogens (tertiary/aromatic N) is 1. The highest BCUT2D eigenvalue weighted by atomic mass is 16.5. The van der Waals surface area contributed by atoms with Crippen LogP contribution in [0.1, 0.15) is 38.7 Å². The van der Waals surface area contributed by atoms with Gasteiger partial charge in [-0.15, -0.1) is 5.06 Å². The van der Waals surface area contributed by atoms with Gasteiger partial charge in [0.15, 0.2) is 0 Å². The van der Waals surface area contributed by atoms with E-state index in [1.54, 1.807) is 0 Å². The van der Waals surface area contributed by atoms with Gasteiger partial charge in [-0.3, -0.25) is 14.8 Å². The van der Waals surface area contributed by atoms with Gasteiger partial charge < -0.3 is 16.4 Å². The minimum Gasteiger partial charge on any atom is -0.353 e. The third-order valence-electron chi connectivity index (χ3n) is 3.94. The fraction of sp³-hybridized carbons (Fsp3) is 0.526. The van der Waals surface area contributed by atoms with E-state index >= 15 is 0 Å². The number of hydrogen-bond acceptors (Lipinski definition) is 5. The minimum absolute atomic E-state index is 0.0501. The molecule has 1 aromatic rings. The lowest BCUT2D eigenvalue weighted by Crippen LogP contribution is -2.53. The quantitative estimate of drug-likeness (QED) is 0.362. The normalized spacial score (nSPS) is 11.7. The average molecular weight is 378 g/mol. The van der Waals surface area contributed by atoms with Crippen LogP contribution < -0.4 is 16.4 Å². The molecular weight excluding hydrogens is 348 g/mol. The van der Waals surface area contributed by atoms with E-state index in [1.165, 1.54) is 0 Å². The van der Waals surface area contributed by atoms with Gasteiger partial charge in [0.2, 0.25) is 5.91 Å². The largest absolute Gasteiger partial charge is 0.353 e. The van der Waals surface area contributed by atoms with E-state index < -0.39 is 23.9 Å². The average Bonchev–Trinajstić information content (AvgIpc) is 2.65. The van der Waals surface area contributed by atoms with Crippen LogP contribution in [0.5, 0.6) is 0 Å². The van der Waals surface area contributed by atoms with Gasteiger partial charge >= 0.3 is 6.03 Å². The van der Waals surface area contributed by atoms with Crippen molar-refractivity contribution in [3.63, 3.8) is 0 Å². The van der Waals surface area contributed by atoms with Crippen molar-refractivity contribution in [3.05, 3.63) is 35.9 Å². The molecule has 0 bridgehead atoms. The number of nitrogens with two attached hydrogens (primary N) is 1. The number of urea groups is 1. The zero-order valence-corrected chi connectivity index (χ0v) is 16.0. The molecule has 8 heteroatoms. The van der Waals surface area contributed by atoms with E-state index in [0.29, 0.717) is 12.3 Å². The zero-order valence-electron chi connectivity index (χ0n) is 16.0. The maximum atomic E-state index is 12.3. The van der Waals surface area contributed by atoms with Gasteiger partial charge in [0.25, 0.3) is 5.91 Å². The molecule has 1 aromatic carbocycles. The Kier molecular flexibility index (Phi) is 10.1. The minimum atomic E-state index is -1.02. The Balaban J connectivity index is 2.70. The number of hydrogen-bond donors (Lipinski definition) is 4. The molecule has 0 spiro atoms. The van der Waals surface area contributed by atoms with E-state index in [9.17, 15) is 19.6 Å². The highest BCUT2D eigenvalue weighted by Gasteiger charge is 2.26. The van der Waals surface area contributed by atoms with E-state index in [1.807, 2.05) is 44.2 Å². The molecule has 1 rings (SSSR count). The molecule has 0 saturated heterocycles. The topological polar surface area (TPSA) is 125 Å². The summed E-state index contributed by atoms with van der Waals surface area (Å²) in [4.78, 5) is 36.5. The van der Waals surface area contributed by atoms with Crippen molar-refractivity contribution in [2.24, 2.45) is 11.7 Å². The van der Waals surface area contributed by atoms with Gasteiger partial charge in [0.05, 0.1) is 0 Å². The lowest BCUT2D eigenvalue weighted by molar-refractivity contribution is -0.153. The Morgan fingerprint density at radius 2 is 1.85 bits per heavy atom. The molecule has 0 aromatic heterocycles. The second kappa shape index (κ2) is 12.0. The third-order valence-corrected chi connectivity index (χ3v) is 3.94. The second-order valence-electron chi connectivity index (χ2n) is 6.76. The maximum Gasteiger partial charge on any atom is 0.349 e. The summed E-state index contributed by atoms with van der Waals surface area (Å²) in [5.41, 5.74) is 6.22. The molecule has 0 aliphatic heterocycles. The van der Waals surface area contributed by atoms with Gasteiger partial charge in [0, 0.05) is 25.9 Å². The number of nitrogens with one attached hydrogen (secondary N) is 2.